The Bertz CT molecular complexity index is 292. The van der Waals surface area contributed by atoms with Gasteiger partial charge in [0.05, 0.1) is 11.4 Å². The molecule has 2 heterocycles. The molecule has 0 saturated heterocycles. The first-order valence-electron chi connectivity index (χ1n) is 4.25. The molecule has 3 atom stereocenters. The summed E-state index contributed by atoms with van der Waals surface area (Å²) in [6.45, 7) is 0. The van der Waals surface area contributed by atoms with Crippen LogP contribution in [0.3, 0.4) is 0 Å². The summed E-state index contributed by atoms with van der Waals surface area (Å²) in [5.41, 5.74) is 0. The minimum atomic E-state index is -0.0606. The zero-order valence-corrected chi connectivity index (χ0v) is 8.45. The summed E-state index contributed by atoms with van der Waals surface area (Å²) in [5, 5.41) is 6.60. The summed E-state index contributed by atoms with van der Waals surface area (Å²) in [5.74, 6) is 0. The molecule has 0 aliphatic carbocycles. The number of nitrogens with one attached hydrogen (secondary N) is 2. The van der Waals surface area contributed by atoms with E-state index >= 15 is 0 Å². The van der Waals surface area contributed by atoms with Gasteiger partial charge in [0.25, 0.3) is 0 Å². The number of aliphatic imine (C=N–C) groups is 1. The van der Waals surface area contributed by atoms with E-state index in [1.54, 1.807) is 7.11 Å². The van der Waals surface area contributed by atoms with Crippen LogP contribution in [0.5, 0.6) is 0 Å². The third-order valence-corrected chi connectivity index (χ3v) is 3.18. The lowest BCUT2D eigenvalue weighted by Crippen LogP contribution is -2.44. The molecule has 0 fully saturated rings. The third-order valence-electron chi connectivity index (χ3n) is 2.06. The van der Waals surface area contributed by atoms with Crippen LogP contribution in [0.1, 0.15) is 0 Å². The molecule has 76 valence electrons. The number of rotatable bonds is 2. The van der Waals surface area contributed by atoms with Crippen LogP contribution in [0.2, 0.25) is 0 Å². The fourth-order valence-corrected chi connectivity index (χ4v) is 2.43. The van der Waals surface area contributed by atoms with Gasteiger partial charge in [0.15, 0.2) is 5.17 Å². The van der Waals surface area contributed by atoms with Gasteiger partial charge in [0, 0.05) is 7.11 Å². The summed E-state index contributed by atoms with van der Waals surface area (Å²) in [7, 11) is 1.65. The molecule has 1 amide bonds. The van der Waals surface area contributed by atoms with Gasteiger partial charge in [-0.1, -0.05) is 17.8 Å². The highest BCUT2D eigenvalue weighted by molar-refractivity contribution is 8.14. The lowest BCUT2D eigenvalue weighted by atomic mass is 10.2. The number of fused-ring (bicyclic) bond motifs is 1. The number of methoxy groups -OCH3 is 1. The van der Waals surface area contributed by atoms with Crippen molar-refractivity contribution in [2.75, 3.05) is 7.11 Å². The Morgan fingerprint density at radius 3 is 3.29 bits per heavy atom. The Labute approximate surface area is 86.0 Å². The first-order valence-corrected chi connectivity index (χ1v) is 5.13. The van der Waals surface area contributed by atoms with Gasteiger partial charge < -0.3 is 10.1 Å². The summed E-state index contributed by atoms with van der Waals surface area (Å²) in [4.78, 5) is 14.5. The van der Waals surface area contributed by atoms with Crippen molar-refractivity contribution in [3.05, 3.63) is 12.2 Å². The standard InChI is InChI=1S/C8H11N3O2S/c1-13-6-3-2-5-7(11-6)14-8(10-5)9-4-12/h2-7,11H,1H3,(H,9,10,12). The Morgan fingerprint density at radius 2 is 2.57 bits per heavy atom. The van der Waals surface area contributed by atoms with Crippen LogP contribution >= 0.6 is 11.8 Å². The maximum atomic E-state index is 10.2. The summed E-state index contributed by atoms with van der Waals surface area (Å²) < 4.78 is 5.14. The van der Waals surface area contributed by atoms with Gasteiger partial charge in [-0.15, -0.1) is 0 Å². The zero-order valence-electron chi connectivity index (χ0n) is 7.64. The molecule has 6 heteroatoms. The van der Waals surface area contributed by atoms with Crippen LogP contribution in [-0.4, -0.2) is 36.3 Å². The minimum Gasteiger partial charge on any atom is -0.363 e. The van der Waals surface area contributed by atoms with Gasteiger partial charge in [0.1, 0.15) is 6.23 Å². The van der Waals surface area contributed by atoms with E-state index in [9.17, 15) is 4.79 Å². The monoisotopic (exact) mass is 213 g/mol. The molecule has 0 aromatic heterocycles. The fraction of sp³-hybridized carbons (Fsp3) is 0.500. The van der Waals surface area contributed by atoms with Crippen LogP contribution < -0.4 is 10.6 Å². The normalized spacial score (nSPS) is 34.9. The van der Waals surface area contributed by atoms with Crippen LogP contribution in [-0.2, 0) is 9.53 Å². The molecule has 0 radical (unpaired) electrons. The Morgan fingerprint density at radius 1 is 1.71 bits per heavy atom. The minimum absolute atomic E-state index is 0.0606. The average molecular weight is 213 g/mol. The predicted octanol–water partition coefficient (Wildman–Crippen LogP) is -0.338. The number of thioether (sulfide) groups is 1. The van der Waals surface area contributed by atoms with Gasteiger partial charge in [0.2, 0.25) is 6.41 Å². The van der Waals surface area contributed by atoms with E-state index in [0.717, 1.165) is 0 Å². The number of carbonyl (C=O) groups excluding carboxylic acids is 1. The van der Waals surface area contributed by atoms with Crippen molar-refractivity contribution >= 4 is 23.3 Å². The third kappa shape index (κ3) is 1.82. The van der Waals surface area contributed by atoms with Crippen LogP contribution in [0.25, 0.3) is 0 Å². The van der Waals surface area contributed by atoms with Crippen molar-refractivity contribution in [1.82, 2.24) is 10.6 Å². The van der Waals surface area contributed by atoms with Gasteiger partial charge in [-0.3, -0.25) is 15.1 Å². The number of amides is 1. The van der Waals surface area contributed by atoms with Crippen LogP contribution in [0, 0.1) is 0 Å². The Kier molecular flexibility index (Phi) is 2.85. The van der Waals surface area contributed by atoms with Crippen LogP contribution in [0.15, 0.2) is 17.1 Å². The SMILES string of the molecule is COC1C=CC2N=C(NC=O)SC2N1. The first-order chi connectivity index (χ1) is 6.83. The van der Waals surface area contributed by atoms with Gasteiger partial charge in [-0.2, -0.15) is 0 Å². The van der Waals surface area contributed by atoms with Gasteiger partial charge >= 0.3 is 0 Å². The predicted molar refractivity (Wildman–Crippen MR) is 54.9 cm³/mol. The molecule has 0 bridgehead atoms. The maximum absolute atomic E-state index is 10.2. The van der Waals surface area contributed by atoms with E-state index in [0.29, 0.717) is 11.6 Å². The first kappa shape index (κ1) is 9.70. The molecule has 5 nitrogen and oxygen atoms in total. The van der Waals surface area contributed by atoms with Gasteiger partial charge in [-0.25, -0.2) is 0 Å². The Hall–Kier alpha value is -0.850. The van der Waals surface area contributed by atoms with Crippen molar-refractivity contribution in [3.8, 4) is 0 Å². The number of ether oxygens (including phenoxy) is 1. The van der Waals surface area contributed by atoms with Crippen molar-refractivity contribution in [2.24, 2.45) is 4.99 Å². The summed E-state index contributed by atoms with van der Waals surface area (Å²) >= 11 is 1.50. The van der Waals surface area contributed by atoms with Crippen LogP contribution in [0.4, 0.5) is 0 Å². The molecule has 2 N–H and O–H groups in total. The molecule has 0 saturated carbocycles. The van der Waals surface area contributed by atoms with Crippen molar-refractivity contribution in [1.29, 1.82) is 0 Å². The topological polar surface area (TPSA) is 62.7 Å². The number of nitrogens with zero attached hydrogens (tertiary/aromatic N) is 1. The van der Waals surface area contributed by atoms with E-state index < -0.39 is 0 Å². The second kappa shape index (κ2) is 4.12. The van der Waals surface area contributed by atoms with E-state index in [-0.39, 0.29) is 17.6 Å². The van der Waals surface area contributed by atoms with E-state index in [2.05, 4.69) is 15.6 Å². The second-order valence-electron chi connectivity index (χ2n) is 2.93. The highest BCUT2D eigenvalue weighted by atomic mass is 32.2. The smallest absolute Gasteiger partial charge is 0.213 e. The largest absolute Gasteiger partial charge is 0.363 e. The van der Waals surface area contributed by atoms with E-state index in [4.69, 9.17) is 4.74 Å². The molecule has 2 rings (SSSR count). The number of carbonyl (C=O) groups is 1. The Balaban J connectivity index is 2.01. The molecule has 3 unspecified atom stereocenters. The van der Waals surface area contributed by atoms with E-state index in [1.807, 2.05) is 12.2 Å². The van der Waals surface area contributed by atoms with Crippen molar-refractivity contribution in [2.45, 2.75) is 17.6 Å². The van der Waals surface area contributed by atoms with Crippen molar-refractivity contribution in [3.63, 3.8) is 0 Å². The average Bonchev–Trinajstić information content (AvgIpc) is 2.59. The lowest BCUT2D eigenvalue weighted by Gasteiger charge is -2.25. The fourth-order valence-electron chi connectivity index (χ4n) is 1.40. The number of hydrogen-bond acceptors (Lipinski definition) is 5. The quantitative estimate of drug-likeness (QED) is 0.486. The molecule has 0 aromatic carbocycles. The summed E-state index contributed by atoms with van der Waals surface area (Å²) in [6, 6.07) is 0.0915. The molecule has 0 aromatic rings. The number of amidine groups is 1. The maximum Gasteiger partial charge on any atom is 0.213 e. The number of hydrogen-bond donors (Lipinski definition) is 2. The van der Waals surface area contributed by atoms with E-state index in [1.165, 1.54) is 11.8 Å². The van der Waals surface area contributed by atoms with Gasteiger partial charge in [-0.05, 0) is 6.08 Å². The highest BCUT2D eigenvalue weighted by Crippen LogP contribution is 2.27. The highest BCUT2D eigenvalue weighted by Gasteiger charge is 2.32. The molecule has 14 heavy (non-hydrogen) atoms. The van der Waals surface area contributed by atoms with Crippen molar-refractivity contribution < 1.29 is 9.53 Å². The molecular weight excluding hydrogens is 202 g/mol. The zero-order chi connectivity index (χ0) is 9.97. The summed E-state index contributed by atoms with van der Waals surface area (Å²) in [6.07, 6.45) is 4.49. The molecular formula is C8H11N3O2S. The molecule has 2 aliphatic heterocycles. The molecule has 2 aliphatic rings. The lowest BCUT2D eigenvalue weighted by molar-refractivity contribution is -0.108. The molecule has 0 spiro atoms. The second-order valence-corrected chi connectivity index (χ2v) is 4.06.